The predicted molar refractivity (Wildman–Crippen MR) is 83.0 cm³/mol. The molecule has 1 aliphatic rings. The average molecular weight is 324 g/mol. The number of halogens is 1. The van der Waals surface area contributed by atoms with E-state index in [2.05, 4.69) is 10.3 Å². The number of pyridine rings is 1. The summed E-state index contributed by atoms with van der Waals surface area (Å²) in [5.41, 5.74) is 0.562. The van der Waals surface area contributed by atoms with Crippen molar-refractivity contribution in [3.8, 4) is 0 Å². The van der Waals surface area contributed by atoms with Gasteiger partial charge >= 0.3 is 0 Å². The Morgan fingerprint density at radius 3 is 2.91 bits per heavy atom. The van der Waals surface area contributed by atoms with Crippen molar-refractivity contribution < 1.29 is 12.8 Å². The fourth-order valence-corrected chi connectivity index (χ4v) is 4.69. The van der Waals surface area contributed by atoms with Crippen LogP contribution in [0.4, 0.5) is 4.39 Å². The Morgan fingerprint density at radius 2 is 2.18 bits per heavy atom. The highest BCUT2D eigenvalue weighted by Gasteiger charge is 2.27. The molecule has 0 amide bonds. The molecule has 118 valence electrons. The summed E-state index contributed by atoms with van der Waals surface area (Å²) in [5.74, 6) is 0.104. The summed E-state index contributed by atoms with van der Waals surface area (Å²) in [6.45, 7) is 0.937. The number of para-hydroxylation sites is 1. The molecule has 0 bridgehead atoms. The Kier molecular flexibility index (Phi) is 4.01. The number of hydrogen-bond acceptors (Lipinski definition) is 4. The fourth-order valence-electron chi connectivity index (χ4n) is 2.83. The zero-order valence-corrected chi connectivity index (χ0v) is 12.7. The van der Waals surface area contributed by atoms with Crippen molar-refractivity contribution in [2.75, 3.05) is 18.1 Å². The zero-order chi connectivity index (χ0) is 15.7. The fraction of sp³-hybridized carbons (Fsp3) is 0.400. The van der Waals surface area contributed by atoms with Crippen LogP contribution in [-0.4, -0.2) is 31.5 Å². The molecular weight excluding hydrogens is 307 g/mol. The van der Waals surface area contributed by atoms with Crippen molar-refractivity contribution in [2.24, 2.45) is 5.92 Å². The van der Waals surface area contributed by atoms with E-state index in [0.717, 1.165) is 0 Å². The van der Waals surface area contributed by atoms with E-state index < -0.39 is 15.7 Å². The summed E-state index contributed by atoms with van der Waals surface area (Å²) in [6, 6.07) is 5.84. The molecule has 1 aromatic carbocycles. The molecule has 1 saturated heterocycles. The van der Waals surface area contributed by atoms with E-state index in [9.17, 15) is 17.6 Å². The van der Waals surface area contributed by atoms with Crippen LogP contribution in [0, 0.1) is 11.7 Å². The number of rotatable bonds is 4. The molecule has 1 atom stereocenters. The Labute approximate surface area is 127 Å². The minimum absolute atomic E-state index is 0.105. The van der Waals surface area contributed by atoms with Crippen molar-refractivity contribution in [3.63, 3.8) is 0 Å². The van der Waals surface area contributed by atoms with Gasteiger partial charge in [-0.15, -0.1) is 0 Å². The summed E-state index contributed by atoms with van der Waals surface area (Å²) in [4.78, 5) is 14.9. The summed E-state index contributed by atoms with van der Waals surface area (Å²) in [6.07, 6.45) is 0.665. The Morgan fingerprint density at radius 1 is 1.36 bits per heavy atom. The molecule has 2 N–H and O–H groups in total. The van der Waals surface area contributed by atoms with Crippen LogP contribution >= 0.6 is 0 Å². The van der Waals surface area contributed by atoms with Gasteiger partial charge in [-0.1, -0.05) is 6.07 Å². The van der Waals surface area contributed by atoms with Crippen LogP contribution in [0.5, 0.6) is 0 Å². The first-order chi connectivity index (χ1) is 10.4. The number of fused-ring (bicyclic) bond motifs is 1. The molecule has 0 saturated carbocycles. The maximum Gasteiger partial charge on any atom is 0.189 e. The smallest absolute Gasteiger partial charge is 0.189 e. The summed E-state index contributed by atoms with van der Waals surface area (Å²) < 4.78 is 36.5. The largest absolute Gasteiger partial charge is 0.355 e. The van der Waals surface area contributed by atoms with Crippen LogP contribution in [0.2, 0.25) is 0 Å². The van der Waals surface area contributed by atoms with Gasteiger partial charge in [-0.05, 0) is 31.0 Å². The van der Waals surface area contributed by atoms with Crippen molar-refractivity contribution in [2.45, 2.75) is 13.0 Å². The molecule has 5 nitrogen and oxygen atoms in total. The van der Waals surface area contributed by atoms with Gasteiger partial charge in [-0.2, -0.15) is 0 Å². The Bertz CT molecular complexity index is 861. The van der Waals surface area contributed by atoms with Crippen LogP contribution < -0.4 is 10.7 Å². The van der Waals surface area contributed by atoms with E-state index in [1.807, 2.05) is 0 Å². The first-order valence-electron chi connectivity index (χ1n) is 7.16. The lowest BCUT2D eigenvalue weighted by Gasteiger charge is -2.10. The van der Waals surface area contributed by atoms with Crippen LogP contribution in [0.15, 0.2) is 29.1 Å². The lowest BCUT2D eigenvalue weighted by atomic mass is 10.1. The van der Waals surface area contributed by atoms with Crippen molar-refractivity contribution in [1.29, 1.82) is 0 Å². The molecule has 1 unspecified atom stereocenters. The monoisotopic (exact) mass is 324 g/mol. The van der Waals surface area contributed by atoms with E-state index in [1.165, 1.54) is 18.2 Å². The third kappa shape index (κ3) is 3.20. The van der Waals surface area contributed by atoms with Crippen LogP contribution in [0.3, 0.4) is 0 Å². The molecule has 3 rings (SSSR count). The maximum atomic E-state index is 13.7. The molecule has 2 heterocycles. The maximum absolute atomic E-state index is 13.7. The topological polar surface area (TPSA) is 79.0 Å². The number of H-pyrrole nitrogens is 1. The second kappa shape index (κ2) is 5.81. The van der Waals surface area contributed by atoms with Crippen LogP contribution in [0.25, 0.3) is 10.9 Å². The molecule has 1 aliphatic heterocycles. The minimum Gasteiger partial charge on any atom is -0.355 e. The van der Waals surface area contributed by atoms with E-state index in [0.29, 0.717) is 30.6 Å². The zero-order valence-electron chi connectivity index (χ0n) is 11.9. The molecule has 2 aromatic rings. The second-order valence-corrected chi connectivity index (χ2v) is 7.95. The number of aromatic nitrogens is 1. The quantitative estimate of drug-likeness (QED) is 0.885. The van der Waals surface area contributed by atoms with Gasteiger partial charge in [0.1, 0.15) is 5.82 Å². The first kappa shape index (κ1) is 15.2. The summed E-state index contributed by atoms with van der Waals surface area (Å²) >= 11 is 0. The highest BCUT2D eigenvalue weighted by Crippen LogP contribution is 2.17. The standard InChI is InChI=1S/C15H17FN2O3S/c16-13-3-1-2-12-14(19)6-11(18-15(12)13)8-17-7-10-4-5-22(20,21)9-10/h1-3,6,10,17H,4-5,7-9H2,(H,18,19). The van der Waals surface area contributed by atoms with Gasteiger partial charge in [-0.25, -0.2) is 12.8 Å². The average Bonchev–Trinajstić information content (AvgIpc) is 2.80. The van der Waals surface area contributed by atoms with Gasteiger partial charge in [0, 0.05) is 23.7 Å². The molecule has 1 fully saturated rings. The summed E-state index contributed by atoms with van der Waals surface area (Å²) in [7, 11) is -2.88. The van der Waals surface area contributed by atoms with E-state index in [-0.39, 0.29) is 28.4 Å². The predicted octanol–water partition coefficient (Wildman–Crippen LogP) is 1.19. The van der Waals surface area contributed by atoms with Gasteiger partial charge in [0.15, 0.2) is 15.3 Å². The van der Waals surface area contributed by atoms with Gasteiger partial charge in [-0.3, -0.25) is 4.79 Å². The normalized spacial score (nSPS) is 20.5. The van der Waals surface area contributed by atoms with E-state index in [1.54, 1.807) is 6.07 Å². The Balaban J connectivity index is 1.70. The van der Waals surface area contributed by atoms with Crippen molar-refractivity contribution in [1.82, 2.24) is 10.3 Å². The molecular formula is C15H17FN2O3S. The minimum atomic E-state index is -2.88. The van der Waals surface area contributed by atoms with E-state index >= 15 is 0 Å². The number of hydrogen-bond donors (Lipinski definition) is 2. The number of aromatic amines is 1. The number of sulfone groups is 1. The van der Waals surface area contributed by atoms with Crippen LogP contribution in [0.1, 0.15) is 12.1 Å². The lowest BCUT2D eigenvalue weighted by molar-refractivity contribution is 0.518. The lowest BCUT2D eigenvalue weighted by Crippen LogP contribution is -2.24. The van der Waals surface area contributed by atoms with Gasteiger partial charge in [0.25, 0.3) is 0 Å². The SMILES string of the molecule is O=c1cc(CNCC2CCS(=O)(=O)C2)[nH]c2c(F)cccc12. The van der Waals surface area contributed by atoms with Crippen molar-refractivity contribution >= 4 is 20.7 Å². The molecule has 0 aliphatic carbocycles. The molecule has 0 radical (unpaired) electrons. The highest BCUT2D eigenvalue weighted by molar-refractivity contribution is 7.91. The molecule has 0 spiro atoms. The van der Waals surface area contributed by atoms with Gasteiger partial charge < -0.3 is 10.3 Å². The van der Waals surface area contributed by atoms with Gasteiger partial charge in [0.05, 0.1) is 17.0 Å². The number of nitrogens with one attached hydrogen (secondary N) is 2. The van der Waals surface area contributed by atoms with Crippen LogP contribution in [-0.2, 0) is 16.4 Å². The number of benzene rings is 1. The molecule has 1 aromatic heterocycles. The van der Waals surface area contributed by atoms with E-state index in [4.69, 9.17) is 0 Å². The third-order valence-corrected chi connectivity index (χ3v) is 5.78. The second-order valence-electron chi connectivity index (χ2n) is 5.72. The Hall–Kier alpha value is -1.73. The summed E-state index contributed by atoms with van der Waals surface area (Å²) in [5, 5.41) is 3.46. The van der Waals surface area contributed by atoms with Crippen molar-refractivity contribution in [3.05, 3.63) is 46.0 Å². The van der Waals surface area contributed by atoms with Gasteiger partial charge in [0.2, 0.25) is 0 Å². The third-order valence-electron chi connectivity index (χ3n) is 3.95. The molecule has 7 heteroatoms. The first-order valence-corrected chi connectivity index (χ1v) is 8.98. The highest BCUT2D eigenvalue weighted by atomic mass is 32.2. The molecule has 22 heavy (non-hydrogen) atoms.